The zero-order chi connectivity index (χ0) is 18.0. The number of aliphatic carboxylic acids is 1. The second-order valence-electron chi connectivity index (χ2n) is 4.81. The van der Waals surface area contributed by atoms with Gasteiger partial charge in [-0.3, -0.25) is 0 Å². The van der Waals surface area contributed by atoms with E-state index in [1.165, 1.54) is 6.08 Å². The van der Waals surface area contributed by atoms with Crippen LogP contribution in [0.2, 0.25) is 10.0 Å². The molecule has 128 valence electrons. The minimum atomic E-state index is -1.39. The predicted molar refractivity (Wildman–Crippen MR) is 92.0 cm³/mol. The number of thioether (sulfide) groups is 1. The number of carboxylic acid groups (broad SMARTS) is 1. The van der Waals surface area contributed by atoms with Crippen LogP contribution in [0.1, 0.15) is 11.7 Å². The molecule has 2 heterocycles. The smallest absolute Gasteiger partial charge is 0.281 e. The minimum absolute atomic E-state index is 0.0977. The van der Waals surface area contributed by atoms with E-state index in [2.05, 4.69) is 10.2 Å². The van der Waals surface area contributed by atoms with Crippen molar-refractivity contribution in [3.05, 3.63) is 56.9 Å². The first kappa shape index (κ1) is 17.6. The van der Waals surface area contributed by atoms with Gasteiger partial charge in [0.05, 0.1) is 11.0 Å². The fourth-order valence-electron chi connectivity index (χ4n) is 1.94. The molecule has 0 unspecified atom stereocenters. The largest absolute Gasteiger partial charge is 0.544 e. The van der Waals surface area contributed by atoms with Crippen molar-refractivity contribution in [1.29, 1.82) is 0 Å². The molecule has 9 heteroatoms. The Labute approximate surface area is 156 Å². The number of benzene rings is 1. The van der Waals surface area contributed by atoms with Crippen molar-refractivity contribution < 1.29 is 18.7 Å². The van der Waals surface area contributed by atoms with E-state index >= 15 is 0 Å². The highest BCUT2D eigenvalue weighted by atomic mass is 35.5. The predicted octanol–water partition coefficient (Wildman–Crippen LogP) is 3.83. The van der Waals surface area contributed by atoms with E-state index in [1.807, 2.05) is 0 Å². The maximum absolute atomic E-state index is 11.3. The van der Waals surface area contributed by atoms with Gasteiger partial charge in [-0.15, -0.1) is 10.2 Å². The Morgan fingerprint density at radius 3 is 2.64 bits per heavy atom. The van der Waals surface area contributed by atoms with E-state index in [0.29, 0.717) is 33.0 Å². The van der Waals surface area contributed by atoms with E-state index in [-0.39, 0.29) is 10.1 Å². The highest BCUT2D eigenvalue weighted by Crippen LogP contribution is 2.33. The molecule has 0 aliphatic carbocycles. The van der Waals surface area contributed by atoms with Crippen molar-refractivity contribution in [2.24, 2.45) is 0 Å². The summed E-state index contributed by atoms with van der Waals surface area (Å²) in [5.41, 5.74) is 0.640. The zero-order valence-corrected chi connectivity index (χ0v) is 15.0. The molecule has 0 saturated heterocycles. The Balaban J connectivity index is 1.88. The first-order valence-electron chi connectivity index (χ1n) is 6.88. The Morgan fingerprint density at radius 2 is 2.00 bits per heavy atom. The monoisotopic (exact) mass is 395 g/mol. The molecule has 3 rings (SSSR count). The van der Waals surface area contributed by atoms with E-state index in [9.17, 15) is 9.90 Å². The van der Waals surface area contributed by atoms with Crippen LogP contribution in [0.15, 0.2) is 49.3 Å². The van der Waals surface area contributed by atoms with Crippen molar-refractivity contribution in [1.82, 2.24) is 10.2 Å². The lowest BCUT2D eigenvalue weighted by atomic mass is 10.2. The number of nitrogens with zero attached hydrogens (tertiary/aromatic N) is 2. The van der Waals surface area contributed by atoms with Gasteiger partial charge in [-0.25, -0.2) is 0 Å². The number of carboxylic acids is 1. The van der Waals surface area contributed by atoms with Gasteiger partial charge in [0.1, 0.15) is 11.5 Å². The molecule has 2 aromatic heterocycles. The third kappa shape index (κ3) is 4.25. The first-order valence-corrected chi connectivity index (χ1v) is 8.46. The van der Waals surface area contributed by atoms with E-state index in [1.54, 1.807) is 37.3 Å². The Hall–Kier alpha value is -2.22. The summed E-state index contributed by atoms with van der Waals surface area (Å²) >= 11 is 12.8. The van der Waals surface area contributed by atoms with Gasteiger partial charge in [0.2, 0.25) is 5.89 Å². The molecule has 0 saturated carbocycles. The molecule has 0 fully saturated rings. The van der Waals surface area contributed by atoms with Crippen molar-refractivity contribution in [3.8, 4) is 11.3 Å². The summed E-state index contributed by atoms with van der Waals surface area (Å²) in [4.78, 5) is 11.2. The lowest BCUT2D eigenvalue weighted by Gasteiger charge is -2.04. The first-order chi connectivity index (χ1) is 11.9. The molecule has 0 bridgehead atoms. The second-order valence-corrected chi connectivity index (χ2v) is 6.65. The van der Waals surface area contributed by atoms with Gasteiger partial charge in [0.25, 0.3) is 5.22 Å². The van der Waals surface area contributed by atoms with Gasteiger partial charge in [0.15, 0.2) is 0 Å². The molecule has 6 nitrogen and oxygen atoms in total. The Morgan fingerprint density at radius 1 is 1.20 bits per heavy atom. The van der Waals surface area contributed by atoms with Gasteiger partial charge in [-0.2, -0.15) is 0 Å². The average molecular weight is 396 g/mol. The van der Waals surface area contributed by atoms with Crippen LogP contribution in [0.25, 0.3) is 17.4 Å². The number of aromatic nitrogens is 2. The van der Waals surface area contributed by atoms with Gasteiger partial charge in [0, 0.05) is 22.4 Å². The van der Waals surface area contributed by atoms with Gasteiger partial charge < -0.3 is 18.7 Å². The molecule has 0 radical (unpaired) electrons. The molecule has 0 aliphatic heterocycles. The highest BCUT2D eigenvalue weighted by molar-refractivity contribution is 8.03. The SMILES string of the molecule is Cc1nnc(S/C(=C/c2ccc(-c3ccc(Cl)cc3Cl)o2)C(=O)[O-])o1. The van der Waals surface area contributed by atoms with Crippen molar-refractivity contribution in [2.75, 3.05) is 0 Å². The molecule has 0 amide bonds. The molecule has 0 spiro atoms. The van der Waals surface area contributed by atoms with E-state index in [0.717, 1.165) is 11.8 Å². The lowest BCUT2D eigenvalue weighted by Crippen LogP contribution is -2.22. The summed E-state index contributed by atoms with van der Waals surface area (Å²) in [6.07, 6.45) is 1.31. The highest BCUT2D eigenvalue weighted by Gasteiger charge is 2.12. The number of aryl methyl sites for hydroxylation is 1. The second kappa shape index (κ2) is 7.35. The normalized spacial score (nSPS) is 11.7. The Bertz CT molecular complexity index is 965. The molecule has 1 aromatic carbocycles. The summed E-state index contributed by atoms with van der Waals surface area (Å²) in [6, 6.07) is 8.28. The van der Waals surface area contributed by atoms with E-state index < -0.39 is 5.97 Å². The lowest BCUT2D eigenvalue weighted by molar-refractivity contribution is -0.298. The van der Waals surface area contributed by atoms with Crippen LogP contribution >= 0.6 is 35.0 Å². The fraction of sp³-hybridized carbons (Fsp3) is 0.0625. The van der Waals surface area contributed by atoms with Gasteiger partial charge in [-0.05, 0) is 48.2 Å². The summed E-state index contributed by atoms with van der Waals surface area (Å²) in [6.45, 7) is 1.61. The van der Waals surface area contributed by atoms with E-state index in [4.69, 9.17) is 32.0 Å². The average Bonchev–Trinajstić information content (AvgIpc) is 3.16. The molecule has 3 aromatic rings. The number of rotatable bonds is 5. The fourth-order valence-corrected chi connectivity index (χ4v) is 3.13. The number of hydrogen-bond donors (Lipinski definition) is 0. The molecular weight excluding hydrogens is 387 g/mol. The molecule has 0 N–H and O–H groups in total. The Kier molecular flexibility index (Phi) is 5.17. The van der Waals surface area contributed by atoms with Crippen molar-refractivity contribution in [3.63, 3.8) is 0 Å². The van der Waals surface area contributed by atoms with Crippen LogP contribution in [0.5, 0.6) is 0 Å². The van der Waals surface area contributed by atoms with Crippen LogP contribution in [0, 0.1) is 6.92 Å². The number of carbonyl (C=O) groups is 1. The van der Waals surface area contributed by atoms with Crippen molar-refractivity contribution in [2.45, 2.75) is 12.1 Å². The molecule has 0 aliphatic rings. The van der Waals surface area contributed by atoms with Crippen LogP contribution in [-0.2, 0) is 4.79 Å². The maximum Gasteiger partial charge on any atom is 0.281 e. The summed E-state index contributed by atoms with van der Waals surface area (Å²) in [5.74, 6) is -0.269. The van der Waals surface area contributed by atoms with Crippen LogP contribution in [0.4, 0.5) is 0 Å². The number of hydrogen-bond acceptors (Lipinski definition) is 7. The van der Waals surface area contributed by atoms with Crippen LogP contribution in [0.3, 0.4) is 0 Å². The van der Waals surface area contributed by atoms with Crippen LogP contribution < -0.4 is 5.11 Å². The standard InChI is InChI=1S/C16H10Cl2N2O4S/c1-8-19-20-16(23-8)25-14(15(21)22)7-10-3-5-13(24-10)11-4-2-9(17)6-12(11)18/h2-7H,1H3,(H,21,22)/p-1/b14-7+. The third-order valence-electron chi connectivity index (χ3n) is 3.00. The summed E-state index contributed by atoms with van der Waals surface area (Å²) in [5, 5.41) is 19.7. The number of furan rings is 1. The summed E-state index contributed by atoms with van der Waals surface area (Å²) < 4.78 is 10.8. The van der Waals surface area contributed by atoms with Gasteiger partial charge in [-0.1, -0.05) is 23.2 Å². The van der Waals surface area contributed by atoms with Crippen LogP contribution in [-0.4, -0.2) is 16.2 Å². The summed E-state index contributed by atoms with van der Waals surface area (Å²) in [7, 11) is 0. The molecular formula is C16H9Cl2N2O4S-. The van der Waals surface area contributed by atoms with Crippen molar-refractivity contribution >= 4 is 47.0 Å². The third-order valence-corrected chi connectivity index (χ3v) is 4.39. The topological polar surface area (TPSA) is 92.2 Å². The minimum Gasteiger partial charge on any atom is -0.544 e. The van der Waals surface area contributed by atoms with Gasteiger partial charge >= 0.3 is 0 Å². The maximum atomic E-state index is 11.3. The molecule has 0 atom stereocenters. The quantitative estimate of drug-likeness (QED) is 0.478. The number of halogens is 2. The zero-order valence-electron chi connectivity index (χ0n) is 12.7. The number of carbonyl (C=O) groups excluding carboxylic acids is 1. The molecule has 25 heavy (non-hydrogen) atoms.